The van der Waals surface area contributed by atoms with Crippen molar-refractivity contribution in [2.24, 2.45) is 0 Å². The fourth-order valence-electron chi connectivity index (χ4n) is 7.06. The first-order valence-electron chi connectivity index (χ1n) is 14.7. The second-order valence-electron chi connectivity index (χ2n) is 12.1. The van der Waals surface area contributed by atoms with E-state index in [1.165, 1.54) is 0 Å². The molecule has 0 aromatic rings. The molecule has 0 aromatic carbocycles. The van der Waals surface area contributed by atoms with Gasteiger partial charge >= 0.3 is 0 Å². The fraction of sp³-hybridized carbons (Fsp3) is 0.815. The summed E-state index contributed by atoms with van der Waals surface area (Å²) < 4.78 is 69.0. The maximum atomic E-state index is 11.1. The number of nitrogens with zero attached hydrogens (tertiary/aromatic N) is 4. The van der Waals surface area contributed by atoms with Crippen molar-refractivity contribution >= 4 is 72.5 Å². The summed E-state index contributed by atoms with van der Waals surface area (Å²) in [5.41, 5.74) is 0. The molecule has 3 fully saturated rings. The number of alkyl halides is 4. The summed E-state index contributed by atoms with van der Waals surface area (Å²) in [4.78, 5) is 6.72. The molecular weight excluding hydrogens is 682 g/mol. The molecule has 43 heavy (non-hydrogen) atoms. The summed E-state index contributed by atoms with van der Waals surface area (Å²) in [5.74, 6) is 1.17. The molecule has 0 bridgehead atoms. The smallest absolute Gasteiger partial charge is 0.272 e. The predicted octanol–water partition coefficient (Wildman–Crippen LogP) is 3.13. The highest BCUT2D eigenvalue weighted by Crippen LogP contribution is 2.41. The molecule has 0 spiro atoms. The van der Waals surface area contributed by atoms with E-state index < -0.39 is 20.2 Å². The molecule has 4 aliphatic rings. The maximum absolute atomic E-state index is 11.1. The standard InChI is InChI=1S/C27H42Cl4N4O6S2/c1-32-22-14-18(28)20(30)16-24(22)34(10-3-5-12-42(36,37)38)26(32)8-7-9-27-33(2)23-15-19(29)21(31)17-25(23)35(27)11-4-6-13-43(39,40)41/h7-9,18-25H,3-6,10-17H2,1-2H3,(H-,36,37,38,39,40,41)/p-1. The quantitative estimate of drug-likeness (QED) is 0.129. The Morgan fingerprint density at radius 1 is 0.767 bits per heavy atom. The van der Waals surface area contributed by atoms with Gasteiger partial charge in [0.2, 0.25) is 0 Å². The second-order valence-corrected chi connectivity index (χ2v) is 17.4. The zero-order valence-corrected chi connectivity index (χ0v) is 29.1. The molecule has 2 heterocycles. The van der Waals surface area contributed by atoms with E-state index in [0.717, 1.165) is 24.5 Å². The van der Waals surface area contributed by atoms with Crippen molar-refractivity contribution in [3.05, 3.63) is 24.0 Å². The van der Waals surface area contributed by atoms with E-state index in [0.29, 0.717) is 38.8 Å². The molecule has 8 atom stereocenters. The molecule has 246 valence electrons. The van der Waals surface area contributed by atoms with Crippen LogP contribution in [0.2, 0.25) is 0 Å². The Hall–Kier alpha value is -0.470. The van der Waals surface area contributed by atoms with E-state index in [9.17, 15) is 25.9 Å². The van der Waals surface area contributed by atoms with Crippen LogP contribution in [0, 0.1) is 0 Å². The summed E-state index contributed by atoms with van der Waals surface area (Å²) in [6.45, 7) is 1.17. The van der Waals surface area contributed by atoms with Gasteiger partial charge in [0, 0.05) is 44.0 Å². The number of hydrogen-bond acceptors (Lipinski definition) is 9. The van der Waals surface area contributed by atoms with Crippen LogP contribution in [-0.2, 0) is 20.2 Å². The van der Waals surface area contributed by atoms with Crippen LogP contribution in [0.1, 0.15) is 51.4 Å². The second kappa shape index (κ2) is 14.5. The molecule has 1 saturated heterocycles. The van der Waals surface area contributed by atoms with Gasteiger partial charge < -0.3 is 18.9 Å². The first-order valence-corrected chi connectivity index (χ1v) is 19.6. The first-order chi connectivity index (χ1) is 20.1. The van der Waals surface area contributed by atoms with Gasteiger partial charge in [-0.1, -0.05) is 6.08 Å². The average Bonchev–Trinajstić information content (AvgIpc) is 3.29. The van der Waals surface area contributed by atoms with Gasteiger partial charge in [0.15, 0.2) is 0 Å². The van der Waals surface area contributed by atoms with Crippen LogP contribution in [0.4, 0.5) is 0 Å². The number of rotatable bonds is 12. The van der Waals surface area contributed by atoms with E-state index >= 15 is 0 Å². The van der Waals surface area contributed by atoms with Gasteiger partial charge in [-0.15, -0.1) is 46.4 Å². The van der Waals surface area contributed by atoms with Crippen molar-refractivity contribution in [3.8, 4) is 0 Å². The summed E-state index contributed by atoms with van der Waals surface area (Å²) in [7, 11) is -4.48. The minimum atomic E-state index is -4.27. The molecular formula is C27H41Cl4N4O6S2-. The zero-order chi connectivity index (χ0) is 31.7. The van der Waals surface area contributed by atoms with Crippen molar-refractivity contribution in [3.63, 3.8) is 0 Å². The average molecular weight is 724 g/mol. The fourth-order valence-corrected chi connectivity index (χ4v) is 9.32. The lowest BCUT2D eigenvalue weighted by Gasteiger charge is -2.36. The lowest BCUT2D eigenvalue weighted by Crippen LogP contribution is -2.48. The molecule has 10 nitrogen and oxygen atoms in total. The molecule has 0 radical (unpaired) electrons. The normalized spacial score (nSPS) is 34.5. The Balaban J connectivity index is 1.56. The van der Waals surface area contributed by atoms with Crippen LogP contribution in [-0.4, -0.2) is 135 Å². The van der Waals surface area contributed by atoms with Gasteiger partial charge in [0.05, 0.1) is 67.4 Å². The first kappa shape index (κ1) is 35.4. The molecule has 0 N–H and O–H groups in total. The Morgan fingerprint density at radius 2 is 1.26 bits per heavy atom. The van der Waals surface area contributed by atoms with E-state index in [-0.39, 0.29) is 70.0 Å². The number of hydrogen-bond donors (Lipinski definition) is 0. The van der Waals surface area contributed by atoms with Crippen molar-refractivity contribution < 1.29 is 30.5 Å². The number of amidine groups is 1. The highest BCUT2D eigenvalue weighted by molar-refractivity contribution is 7.85. The van der Waals surface area contributed by atoms with Crippen molar-refractivity contribution in [2.45, 2.75) is 97.0 Å². The van der Waals surface area contributed by atoms with Gasteiger partial charge in [-0.05, 0) is 44.6 Å². The molecule has 16 heteroatoms. The third-order valence-electron chi connectivity index (χ3n) is 9.22. The molecule has 4 rings (SSSR count). The Bertz CT molecular complexity index is 1310. The minimum Gasteiger partial charge on any atom is -0.748 e. The van der Waals surface area contributed by atoms with E-state index in [4.69, 9.17) is 46.4 Å². The van der Waals surface area contributed by atoms with Gasteiger partial charge in [0.1, 0.15) is 17.9 Å². The van der Waals surface area contributed by atoms with E-state index in [2.05, 4.69) is 19.3 Å². The number of halogens is 4. The summed E-state index contributed by atoms with van der Waals surface area (Å²) >= 11 is 26.3. The molecule has 8 unspecified atom stereocenters. The van der Waals surface area contributed by atoms with Crippen molar-refractivity contribution in [2.75, 3.05) is 38.7 Å². The summed E-state index contributed by atoms with van der Waals surface area (Å²) in [6, 6.07) is 0.539. The molecule has 2 aliphatic carbocycles. The largest absolute Gasteiger partial charge is 0.748 e. The lowest BCUT2D eigenvalue weighted by atomic mass is 9.89. The van der Waals surface area contributed by atoms with Crippen LogP contribution in [0.3, 0.4) is 0 Å². The molecule has 2 aliphatic heterocycles. The van der Waals surface area contributed by atoms with Gasteiger partial charge in [-0.2, -0.15) is 0 Å². The number of fused-ring (bicyclic) bond motifs is 2. The van der Waals surface area contributed by atoms with Gasteiger partial charge in [-0.25, -0.2) is 16.8 Å². The van der Waals surface area contributed by atoms with Crippen LogP contribution in [0.15, 0.2) is 24.0 Å². The van der Waals surface area contributed by atoms with E-state index in [1.807, 2.05) is 32.3 Å². The topological polar surface area (TPSA) is 127 Å². The molecule has 0 aromatic heterocycles. The zero-order valence-electron chi connectivity index (χ0n) is 24.4. The lowest BCUT2D eigenvalue weighted by molar-refractivity contribution is -0.533. The highest BCUT2D eigenvalue weighted by Gasteiger charge is 2.51. The minimum absolute atomic E-state index is 0.116. The van der Waals surface area contributed by atoms with Crippen LogP contribution in [0.5, 0.6) is 0 Å². The third kappa shape index (κ3) is 8.87. The summed E-state index contributed by atoms with van der Waals surface area (Å²) in [6.07, 6.45) is 10.6. The van der Waals surface area contributed by atoms with Crippen molar-refractivity contribution in [1.29, 1.82) is 0 Å². The molecule has 2 saturated carbocycles. The highest BCUT2D eigenvalue weighted by atomic mass is 35.5. The van der Waals surface area contributed by atoms with Gasteiger partial charge in [0.25, 0.3) is 5.84 Å². The monoisotopic (exact) mass is 721 g/mol. The maximum Gasteiger partial charge on any atom is 0.272 e. The van der Waals surface area contributed by atoms with Crippen molar-refractivity contribution in [1.82, 2.24) is 14.7 Å². The van der Waals surface area contributed by atoms with Gasteiger partial charge in [-0.3, -0.25) is 9.48 Å². The SMILES string of the molecule is CN1C(=CC=CC2=[N+](C)C3CC(Cl)C(Cl)CC3N2CCCCS(=O)(=O)[O-])N(CCCCS(=O)(=O)[O-])C2CC(Cl)C(Cl)CC21. The number of unbranched alkanes of at least 4 members (excludes halogenated alkanes) is 2. The van der Waals surface area contributed by atoms with Crippen LogP contribution < -0.4 is 0 Å². The number of allylic oxidation sites excluding steroid dienone is 2. The van der Waals surface area contributed by atoms with Crippen LogP contribution in [0.25, 0.3) is 0 Å². The molecule has 0 amide bonds. The Kier molecular flexibility index (Phi) is 12.0. The Labute approximate surface area is 276 Å². The number of likely N-dealkylation sites (N-methyl/N-ethyl adjacent to an activating group) is 2. The third-order valence-corrected chi connectivity index (χ3v) is 13.0. The Morgan fingerprint density at radius 3 is 1.81 bits per heavy atom. The summed E-state index contributed by atoms with van der Waals surface area (Å²) in [5, 5.41) is -0.659. The van der Waals surface area contributed by atoms with Crippen LogP contribution >= 0.6 is 46.4 Å². The predicted molar refractivity (Wildman–Crippen MR) is 169 cm³/mol. The van der Waals surface area contributed by atoms with E-state index in [1.54, 1.807) is 0 Å².